The summed E-state index contributed by atoms with van der Waals surface area (Å²) < 4.78 is 6.23. The summed E-state index contributed by atoms with van der Waals surface area (Å²) >= 11 is 0. The number of rotatable bonds is 4. The van der Waals surface area contributed by atoms with E-state index >= 15 is 0 Å². The van der Waals surface area contributed by atoms with E-state index < -0.39 is 0 Å². The number of ether oxygens (including phenoxy) is 1. The molecule has 0 unspecified atom stereocenters. The molecule has 0 aromatic heterocycles. The highest BCUT2D eigenvalue weighted by atomic mass is 16.5. The van der Waals surface area contributed by atoms with Gasteiger partial charge in [-0.2, -0.15) is 0 Å². The fraction of sp³-hybridized carbons (Fsp3) is 0. The molecule has 0 atom stereocenters. The van der Waals surface area contributed by atoms with Crippen molar-refractivity contribution in [3.05, 3.63) is 109 Å². The molecular weight excluding hydrogens is 304 g/mol. The minimum absolute atomic E-state index is 0.838. The van der Waals surface area contributed by atoms with Crippen molar-refractivity contribution < 1.29 is 4.74 Å². The summed E-state index contributed by atoms with van der Waals surface area (Å²) in [6, 6.07) is 37.0. The van der Waals surface area contributed by atoms with Gasteiger partial charge in [-0.15, -0.1) is 0 Å². The Labute approximate surface area is 148 Å². The van der Waals surface area contributed by atoms with E-state index in [1.165, 1.54) is 11.1 Å². The fourth-order valence-corrected chi connectivity index (χ4v) is 2.99. The van der Waals surface area contributed by atoms with Crippen LogP contribution >= 0.6 is 0 Å². The van der Waals surface area contributed by atoms with E-state index in [2.05, 4.69) is 54.6 Å². The molecule has 0 bridgehead atoms. The summed E-state index contributed by atoms with van der Waals surface area (Å²) in [5.41, 5.74) is 4.60. The van der Waals surface area contributed by atoms with Crippen molar-refractivity contribution >= 4 is 0 Å². The van der Waals surface area contributed by atoms with E-state index in [0.29, 0.717) is 0 Å². The summed E-state index contributed by atoms with van der Waals surface area (Å²) in [6.07, 6.45) is 0. The van der Waals surface area contributed by atoms with Crippen molar-refractivity contribution in [1.82, 2.24) is 0 Å². The van der Waals surface area contributed by atoms with Crippen LogP contribution in [0.1, 0.15) is 0 Å². The minimum atomic E-state index is 0.838. The Morgan fingerprint density at radius 3 is 1.64 bits per heavy atom. The van der Waals surface area contributed by atoms with Gasteiger partial charge in [-0.3, -0.25) is 0 Å². The summed E-state index contributed by atoms with van der Waals surface area (Å²) in [5, 5.41) is 0. The van der Waals surface area contributed by atoms with Gasteiger partial charge in [0.1, 0.15) is 11.5 Å². The van der Waals surface area contributed by atoms with E-state index in [9.17, 15) is 0 Å². The van der Waals surface area contributed by atoms with Crippen LogP contribution in [0.25, 0.3) is 22.3 Å². The highest BCUT2D eigenvalue weighted by Crippen LogP contribution is 2.40. The molecule has 1 nitrogen and oxygen atoms in total. The summed E-state index contributed by atoms with van der Waals surface area (Å²) in [6.45, 7) is 0. The molecule has 4 rings (SSSR count). The zero-order valence-electron chi connectivity index (χ0n) is 13.8. The van der Waals surface area contributed by atoms with Gasteiger partial charge in [-0.05, 0) is 34.9 Å². The predicted octanol–water partition coefficient (Wildman–Crippen LogP) is 6.81. The third-order valence-electron chi connectivity index (χ3n) is 4.14. The highest BCUT2D eigenvalue weighted by Gasteiger charge is 2.13. The second-order valence-corrected chi connectivity index (χ2v) is 5.83. The van der Waals surface area contributed by atoms with Gasteiger partial charge in [0.15, 0.2) is 0 Å². The highest BCUT2D eigenvalue weighted by molar-refractivity contribution is 5.87. The van der Waals surface area contributed by atoms with E-state index in [0.717, 1.165) is 22.6 Å². The minimum Gasteiger partial charge on any atom is -0.457 e. The maximum absolute atomic E-state index is 6.23. The first-order valence-corrected chi connectivity index (χ1v) is 8.38. The summed E-state index contributed by atoms with van der Waals surface area (Å²) in [4.78, 5) is 0. The number of hydrogen-bond acceptors (Lipinski definition) is 1. The molecule has 0 spiro atoms. The standard InChI is InChI=1S/C24H18O/c1-4-11-19(12-5-1)22-17-10-18-23(25-21-15-8-3-9-16-21)24(22)20-13-6-2-7-14-20/h1-18H. The lowest BCUT2D eigenvalue weighted by molar-refractivity contribution is 0.484. The molecule has 0 saturated heterocycles. The Hall–Kier alpha value is -3.32. The first kappa shape index (κ1) is 15.2. The smallest absolute Gasteiger partial charge is 0.135 e. The Kier molecular flexibility index (Phi) is 4.30. The summed E-state index contributed by atoms with van der Waals surface area (Å²) in [7, 11) is 0. The molecule has 0 heterocycles. The molecule has 0 amide bonds. The molecule has 0 radical (unpaired) electrons. The number of hydrogen-bond donors (Lipinski definition) is 0. The quantitative estimate of drug-likeness (QED) is 0.401. The van der Waals surface area contributed by atoms with Crippen LogP contribution in [-0.2, 0) is 0 Å². The first-order valence-electron chi connectivity index (χ1n) is 8.38. The van der Waals surface area contributed by atoms with Gasteiger partial charge >= 0.3 is 0 Å². The molecule has 4 aromatic carbocycles. The molecule has 25 heavy (non-hydrogen) atoms. The average Bonchev–Trinajstić information content (AvgIpc) is 2.70. The van der Waals surface area contributed by atoms with Crippen LogP contribution < -0.4 is 4.74 Å². The van der Waals surface area contributed by atoms with E-state index in [4.69, 9.17) is 4.74 Å². The molecule has 1 heteroatoms. The molecular formula is C24H18O. The van der Waals surface area contributed by atoms with Gasteiger partial charge in [-0.25, -0.2) is 0 Å². The van der Waals surface area contributed by atoms with Crippen molar-refractivity contribution in [1.29, 1.82) is 0 Å². The van der Waals surface area contributed by atoms with Gasteiger partial charge in [-0.1, -0.05) is 91.0 Å². The van der Waals surface area contributed by atoms with Crippen molar-refractivity contribution in [2.75, 3.05) is 0 Å². The van der Waals surface area contributed by atoms with Crippen molar-refractivity contribution in [3.63, 3.8) is 0 Å². The Bertz CT molecular complexity index is 945. The summed E-state index contributed by atoms with van der Waals surface area (Å²) in [5.74, 6) is 1.70. The average molecular weight is 322 g/mol. The van der Waals surface area contributed by atoms with Crippen molar-refractivity contribution in [3.8, 4) is 33.8 Å². The Morgan fingerprint density at radius 1 is 0.440 bits per heavy atom. The second kappa shape index (κ2) is 7.06. The van der Waals surface area contributed by atoms with Crippen LogP contribution in [0, 0.1) is 0 Å². The monoisotopic (exact) mass is 322 g/mol. The lowest BCUT2D eigenvalue weighted by atomic mass is 9.94. The zero-order valence-corrected chi connectivity index (χ0v) is 13.8. The van der Waals surface area contributed by atoms with E-state index in [-0.39, 0.29) is 0 Å². The maximum Gasteiger partial charge on any atom is 0.135 e. The largest absolute Gasteiger partial charge is 0.457 e. The van der Waals surface area contributed by atoms with Gasteiger partial charge < -0.3 is 4.74 Å². The third kappa shape index (κ3) is 3.31. The molecule has 0 fully saturated rings. The number of benzene rings is 4. The Balaban J connectivity index is 1.89. The van der Waals surface area contributed by atoms with Crippen molar-refractivity contribution in [2.45, 2.75) is 0 Å². The van der Waals surface area contributed by atoms with Gasteiger partial charge in [0.2, 0.25) is 0 Å². The molecule has 0 aliphatic rings. The molecule has 0 aliphatic carbocycles. The van der Waals surface area contributed by atoms with Crippen LogP contribution in [-0.4, -0.2) is 0 Å². The fourth-order valence-electron chi connectivity index (χ4n) is 2.99. The normalized spacial score (nSPS) is 10.4. The number of para-hydroxylation sites is 1. The third-order valence-corrected chi connectivity index (χ3v) is 4.14. The molecule has 0 N–H and O–H groups in total. The van der Waals surface area contributed by atoms with Crippen LogP contribution in [0.4, 0.5) is 0 Å². The molecule has 4 aromatic rings. The molecule has 0 saturated carbocycles. The zero-order chi connectivity index (χ0) is 16.9. The molecule has 120 valence electrons. The van der Waals surface area contributed by atoms with Crippen LogP contribution in [0.5, 0.6) is 11.5 Å². The molecule has 0 aliphatic heterocycles. The SMILES string of the molecule is c1ccc(Oc2cccc(-c3ccccc3)c2-c2ccccc2)cc1. The second-order valence-electron chi connectivity index (χ2n) is 5.83. The maximum atomic E-state index is 6.23. The lowest BCUT2D eigenvalue weighted by Crippen LogP contribution is -1.91. The lowest BCUT2D eigenvalue weighted by Gasteiger charge is -2.16. The van der Waals surface area contributed by atoms with Crippen LogP contribution in [0.2, 0.25) is 0 Å². The van der Waals surface area contributed by atoms with Crippen LogP contribution in [0.15, 0.2) is 109 Å². The van der Waals surface area contributed by atoms with Gasteiger partial charge in [0.05, 0.1) is 0 Å². The predicted molar refractivity (Wildman–Crippen MR) is 104 cm³/mol. The van der Waals surface area contributed by atoms with Gasteiger partial charge in [0, 0.05) is 5.56 Å². The Morgan fingerprint density at radius 2 is 1.00 bits per heavy atom. The van der Waals surface area contributed by atoms with E-state index in [1.54, 1.807) is 0 Å². The van der Waals surface area contributed by atoms with E-state index in [1.807, 2.05) is 54.6 Å². The van der Waals surface area contributed by atoms with Gasteiger partial charge in [0.25, 0.3) is 0 Å². The topological polar surface area (TPSA) is 9.23 Å². The van der Waals surface area contributed by atoms with Crippen LogP contribution in [0.3, 0.4) is 0 Å². The van der Waals surface area contributed by atoms with Crippen molar-refractivity contribution in [2.24, 2.45) is 0 Å². The first-order chi connectivity index (χ1) is 12.4.